The quantitative estimate of drug-likeness (QED) is 0.583. The maximum absolute atomic E-state index is 11.5. The summed E-state index contributed by atoms with van der Waals surface area (Å²) in [6.45, 7) is -0.0529. The van der Waals surface area contributed by atoms with Gasteiger partial charge in [-0.3, -0.25) is 9.63 Å². The van der Waals surface area contributed by atoms with E-state index < -0.39 is 0 Å². The summed E-state index contributed by atoms with van der Waals surface area (Å²) >= 11 is 0. The predicted octanol–water partition coefficient (Wildman–Crippen LogP) is 1.63. The molecule has 1 aromatic carbocycles. The lowest BCUT2D eigenvalue weighted by molar-refractivity contribution is -0.162. The lowest BCUT2D eigenvalue weighted by Gasteiger charge is -2.10. The third-order valence-electron chi connectivity index (χ3n) is 2.48. The van der Waals surface area contributed by atoms with Crippen LogP contribution in [0.2, 0.25) is 0 Å². The van der Waals surface area contributed by atoms with Crippen LogP contribution in [0.4, 0.5) is 0 Å². The van der Waals surface area contributed by atoms with Crippen LogP contribution in [0.15, 0.2) is 24.3 Å². The molecule has 0 heterocycles. The van der Waals surface area contributed by atoms with Crippen molar-refractivity contribution in [3.05, 3.63) is 29.8 Å². The first-order valence-corrected chi connectivity index (χ1v) is 5.80. The van der Waals surface area contributed by atoms with Gasteiger partial charge < -0.3 is 9.47 Å². The lowest BCUT2D eigenvalue weighted by atomic mass is 10.2. The van der Waals surface area contributed by atoms with Crippen LogP contribution in [-0.4, -0.2) is 38.8 Å². The van der Waals surface area contributed by atoms with Crippen molar-refractivity contribution in [1.29, 1.82) is 5.26 Å². The number of nitrogens with zero attached hydrogens (tertiary/aromatic N) is 2. The third kappa shape index (κ3) is 4.30. The molecule has 20 heavy (non-hydrogen) atoms. The van der Waals surface area contributed by atoms with Crippen LogP contribution in [0.1, 0.15) is 5.56 Å². The molecule has 0 spiro atoms. The molecule has 0 atom stereocenters. The number of hydroxylamine groups is 2. The van der Waals surface area contributed by atoms with Gasteiger partial charge in [0.05, 0.1) is 14.2 Å². The Hall–Kier alpha value is -2.52. The predicted molar refractivity (Wildman–Crippen MR) is 72.9 cm³/mol. The summed E-state index contributed by atoms with van der Waals surface area (Å²) in [5.74, 6) is 0.692. The average molecular weight is 276 g/mol. The molecule has 6 nitrogen and oxygen atoms in total. The van der Waals surface area contributed by atoms with Crippen LogP contribution in [0.5, 0.6) is 11.5 Å². The van der Waals surface area contributed by atoms with Crippen molar-refractivity contribution in [3.8, 4) is 17.6 Å². The number of carbonyl (C=O) groups is 1. The van der Waals surface area contributed by atoms with Gasteiger partial charge in [-0.05, 0) is 23.8 Å². The van der Waals surface area contributed by atoms with E-state index in [-0.39, 0.29) is 12.5 Å². The van der Waals surface area contributed by atoms with Gasteiger partial charge in [0.15, 0.2) is 18.1 Å². The van der Waals surface area contributed by atoms with E-state index in [1.54, 1.807) is 24.3 Å². The number of rotatable bonds is 6. The Balaban J connectivity index is 2.85. The van der Waals surface area contributed by atoms with Gasteiger partial charge in [0.2, 0.25) is 0 Å². The van der Waals surface area contributed by atoms with Crippen molar-refractivity contribution in [2.24, 2.45) is 0 Å². The van der Waals surface area contributed by atoms with Crippen LogP contribution in [0, 0.1) is 11.3 Å². The van der Waals surface area contributed by atoms with E-state index >= 15 is 0 Å². The van der Waals surface area contributed by atoms with Crippen molar-refractivity contribution in [2.75, 3.05) is 27.9 Å². The van der Waals surface area contributed by atoms with Gasteiger partial charge in [0, 0.05) is 13.1 Å². The van der Waals surface area contributed by atoms with Crippen molar-refractivity contribution < 1.29 is 19.1 Å². The van der Waals surface area contributed by atoms with Gasteiger partial charge in [-0.2, -0.15) is 5.26 Å². The molecule has 0 unspecified atom stereocenters. The van der Waals surface area contributed by atoms with Crippen molar-refractivity contribution in [3.63, 3.8) is 0 Å². The van der Waals surface area contributed by atoms with E-state index in [0.717, 1.165) is 10.6 Å². The van der Waals surface area contributed by atoms with Gasteiger partial charge in [-0.1, -0.05) is 6.07 Å². The normalized spacial score (nSPS) is 10.1. The molecule has 0 aliphatic carbocycles. The first-order valence-electron chi connectivity index (χ1n) is 5.80. The van der Waals surface area contributed by atoms with E-state index in [4.69, 9.17) is 19.6 Å². The Morgan fingerprint density at radius 1 is 1.40 bits per heavy atom. The summed E-state index contributed by atoms with van der Waals surface area (Å²) in [4.78, 5) is 16.3. The van der Waals surface area contributed by atoms with E-state index in [2.05, 4.69) is 0 Å². The minimum atomic E-state index is -0.281. The smallest absolute Gasteiger partial charge is 0.269 e. The highest BCUT2D eigenvalue weighted by molar-refractivity contribution is 5.90. The first-order chi connectivity index (χ1) is 9.62. The zero-order chi connectivity index (χ0) is 15.0. The Labute approximate surface area is 117 Å². The van der Waals surface area contributed by atoms with E-state index in [0.29, 0.717) is 11.5 Å². The summed E-state index contributed by atoms with van der Waals surface area (Å²) in [5, 5.41) is 9.59. The highest BCUT2D eigenvalue weighted by atomic mass is 16.7. The monoisotopic (exact) mass is 276 g/mol. The van der Waals surface area contributed by atoms with Gasteiger partial charge in [-0.15, -0.1) is 0 Å². The molecule has 0 bridgehead atoms. The molecule has 0 N–H and O–H groups in total. The fraction of sp³-hybridized carbons (Fsp3) is 0.286. The molecule has 0 aliphatic rings. The van der Waals surface area contributed by atoms with E-state index in [1.165, 1.54) is 27.3 Å². The second kappa shape index (κ2) is 7.81. The molecular weight excluding hydrogens is 260 g/mol. The Kier molecular flexibility index (Phi) is 6.07. The molecule has 0 fully saturated rings. The molecule has 6 heteroatoms. The first kappa shape index (κ1) is 15.5. The number of carbonyl (C=O) groups excluding carboxylic acids is 1. The Morgan fingerprint density at radius 3 is 2.75 bits per heavy atom. The average Bonchev–Trinajstić information content (AvgIpc) is 2.49. The van der Waals surface area contributed by atoms with Crippen LogP contribution in [0.25, 0.3) is 6.08 Å². The topological polar surface area (TPSA) is 71.8 Å². The Morgan fingerprint density at radius 2 is 2.15 bits per heavy atom. The molecule has 0 saturated carbocycles. The number of benzene rings is 1. The van der Waals surface area contributed by atoms with E-state index in [1.807, 2.05) is 6.07 Å². The standard InChI is InChI=1S/C14H16N2O4/c1-16(19-3)14(17)7-5-11-4-6-12(20-9-8-15)13(10-11)18-2/h4-7,10H,9H2,1-3H3/b7-5+. The third-order valence-corrected chi connectivity index (χ3v) is 2.48. The molecule has 106 valence electrons. The second-order valence-corrected chi connectivity index (χ2v) is 3.71. The van der Waals surface area contributed by atoms with Crippen LogP contribution in [0.3, 0.4) is 0 Å². The number of nitriles is 1. The molecular formula is C14H16N2O4. The number of hydrogen-bond donors (Lipinski definition) is 0. The van der Waals surface area contributed by atoms with Gasteiger partial charge in [0.1, 0.15) is 6.07 Å². The largest absolute Gasteiger partial charge is 0.493 e. The number of hydrogen-bond acceptors (Lipinski definition) is 5. The zero-order valence-electron chi connectivity index (χ0n) is 11.6. The van der Waals surface area contributed by atoms with Crippen molar-refractivity contribution in [2.45, 2.75) is 0 Å². The number of likely N-dealkylation sites (N-methyl/N-ethyl adjacent to an activating group) is 1. The number of methoxy groups -OCH3 is 1. The highest BCUT2D eigenvalue weighted by Gasteiger charge is 2.06. The molecule has 0 aromatic heterocycles. The van der Waals surface area contributed by atoms with Crippen LogP contribution < -0.4 is 9.47 Å². The maximum atomic E-state index is 11.5. The Bertz CT molecular complexity index is 534. The molecule has 0 radical (unpaired) electrons. The van der Waals surface area contributed by atoms with Crippen LogP contribution >= 0.6 is 0 Å². The lowest BCUT2D eigenvalue weighted by Crippen LogP contribution is -2.22. The minimum absolute atomic E-state index is 0.0529. The van der Waals surface area contributed by atoms with Crippen molar-refractivity contribution in [1.82, 2.24) is 5.06 Å². The summed E-state index contributed by atoms with van der Waals surface area (Å²) in [5.41, 5.74) is 0.768. The van der Waals surface area contributed by atoms with Crippen molar-refractivity contribution >= 4 is 12.0 Å². The SMILES string of the molecule is COc1cc(/C=C/C(=O)N(C)OC)ccc1OCC#N. The minimum Gasteiger partial charge on any atom is -0.493 e. The molecule has 1 rings (SSSR count). The fourth-order valence-corrected chi connectivity index (χ4v) is 1.38. The summed E-state index contributed by atoms with van der Waals surface area (Å²) in [7, 11) is 4.44. The molecule has 1 aromatic rings. The number of ether oxygens (including phenoxy) is 2. The summed E-state index contributed by atoms with van der Waals surface area (Å²) in [6, 6.07) is 7.03. The molecule has 0 aliphatic heterocycles. The van der Waals surface area contributed by atoms with Crippen LogP contribution in [-0.2, 0) is 9.63 Å². The highest BCUT2D eigenvalue weighted by Crippen LogP contribution is 2.28. The van der Waals surface area contributed by atoms with Gasteiger partial charge >= 0.3 is 0 Å². The zero-order valence-corrected chi connectivity index (χ0v) is 11.6. The van der Waals surface area contributed by atoms with Gasteiger partial charge in [-0.25, -0.2) is 5.06 Å². The molecule has 0 saturated heterocycles. The van der Waals surface area contributed by atoms with Gasteiger partial charge in [0.25, 0.3) is 5.91 Å². The summed E-state index contributed by atoms with van der Waals surface area (Å²) in [6.07, 6.45) is 3.02. The fourth-order valence-electron chi connectivity index (χ4n) is 1.38. The molecule has 1 amide bonds. The summed E-state index contributed by atoms with van der Waals surface area (Å²) < 4.78 is 10.4. The van der Waals surface area contributed by atoms with E-state index in [9.17, 15) is 4.79 Å². The second-order valence-electron chi connectivity index (χ2n) is 3.71. The maximum Gasteiger partial charge on any atom is 0.269 e. The number of amides is 1.